The van der Waals surface area contributed by atoms with E-state index in [4.69, 9.17) is 17.3 Å². The third kappa shape index (κ3) is 3.02. The third-order valence-electron chi connectivity index (χ3n) is 2.21. The van der Waals surface area contributed by atoms with Gasteiger partial charge in [0.15, 0.2) is 5.82 Å². The first-order valence-corrected chi connectivity index (χ1v) is 6.10. The van der Waals surface area contributed by atoms with Crippen LogP contribution < -0.4 is 5.73 Å². The molecular weight excluding hydrogens is 306 g/mol. The van der Waals surface area contributed by atoms with Gasteiger partial charge in [0.2, 0.25) is 0 Å². The highest BCUT2D eigenvalue weighted by molar-refractivity contribution is 7.06. The molecule has 0 spiro atoms. The Labute approximate surface area is 114 Å². The predicted molar refractivity (Wildman–Crippen MR) is 63.1 cm³/mol. The standard InChI is InChI=1S/C10H6ClF4N3S/c11-7(16)9-17-8(18-19-9)4-1-2-6(12)5(3-4)10(13,14)15/h1-3,7H,16H2. The fourth-order valence-electron chi connectivity index (χ4n) is 1.35. The molecule has 0 amide bonds. The van der Waals surface area contributed by atoms with E-state index in [-0.39, 0.29) is 16.4 Å². The minimum atomic E-state index is -4.78. The zero-order valence-electron chi connectivity index (χ0n) is 9.08. The van der Waals surface area contributed by atoms with E-state index in [0.29, 0.717) is 6.07 Å². The van der Waals surface area contributed by atoms with Crippen molar-refractivity contribution >= 4 is 23.1 Å². The van der Waals surface area contributed by atoms with Crippen LogP contribution in [0.1, 0.15) is 16.1 Å². The number of halogens is 5. The Kier molecular flexibility index (Phi) is 3.75. The lowest BCUT2D eigenvalue weighted by atomic mass is 10.1. The minimum Gasteiger partial charge on any atom is -0.310 e. The molecule has 3 nitrogen and oxygen atoms in total. The number of nitrogens with zero attached hydrogens (tertiary/aromatic N) is 2. The zero-order chi connectivity index (χ0) is 14.2. The van der Waals surface area contributed by atoms with Crippen LogP contribution >= 0.6 is 23.1 Å². The molecule has 0 saturated carbocycles. The highest BCUT2D eigenvalue weighted by Crippen LogP contribution is 2.34. The van der Waals surface area contributed by atoms with Gasteiger partial charge >= 0.3 is 6.18 Å². The Morgan fingerprint density at radius 2 is 2.00 bits per heavy atom. The van der Waals surface area contributed by atoms with E-state index < -0.39 is 23.1 Å². The minimum absolute atomic E-state index is 0.0293. The lowest BCUT2D eigenvalue weighted by molar-refractivity contribution is -0.139. The van der Waals surface area contributed by atoms with Crippen molar-refractivity contribution in [3.8, 4) is 11.4 Å². The number of hydrogen-bond acceptors (Lipinski definition) is 4. The normalized spacial score (nSPS) is 13.6. The topological polar surface area (TPSA) is 51.8 Å². The molecule has 0 aliphatic carbocycles. The van der Waals surface area contributed by atoms with E-state index in [1.807, 2.05) is 0 Å². The van der Waals surface area contributed by atoms with Gasteiger partial charge in [0, 0.05) is 5.56 Å². The molecule has 1 unspecified atom stereocenters. The monoisotopic (exact) mass is 311 g/mol. The van der Waals surface area contributed by atoms with Crippen molar-refractivity contribution in [1.29, 1.82) is 0 Å². The van der Waals surface area contributed by atoms with Gasteiger partial charge in [-0.15, -0.1) is 0 Å². The molecule has 1 aromatic carbocycles. The predicted octanol–water partition coefficient (Wildman–Crippen LogP) is 3.56. The van der Waals surface area contributed by atoms with Crippen molar-refractivity contribution in [2.45, 2.75) is 11.7 Å². The summed E-state index contributed by atoms with van der Waals surface area (Å²) in [6, 6.07) is 2.54. The lowest BCUT2D eigenvalue weighted by Gasteiger charge is -2.08. The zero-order valence-corrected chi connectivity index (χ0v) is 10.7. The van der Waals surface area contributed by atoms with Crippen LogP contribution in [0.25, 0.3) is 11.4 Å². The number of rotatable bonds is 2. The largest absolute Gasteiger partial charge is 0.419 e. The van der Waals surface area contributed by atoms with Crippen LogP contribution in [0.4, 0.5) is 17.6 Å². The summed E-state index contributed by atoms with van der Waals surface area (Å²) in [5.74, 6) is -1.32. The molecule has 0 bridgehead atoms. The number of alkyl halides is 4. The Morgan fingerprint density at radius 1 is 1.32 bits per heavy atom. The van der Waals surface area contributed by atoms with E-state index in [2.05, 4.69) is 9.36 Å². The van der Waals surface area contributed by atoms with Gasteiger partial charge in [-0.1, -0.05) is 11.6 Å². The second-order valence-corrected chi connectivity index (χ2v) is 4.80. The quantitative estimate of drug-likeness (QED) is 0.524. The molecule has 1 aromatic heterocycles. The number of benzene rings is 1. The molecule has 0 aliphatic heterocycles. The molecule has 102 valence electrons. The number of aromatic nitrogens is 2. The van der Waals surface area contributed by atoms with Crippen LogP contribution in [0.2, 0.25) is 0 Å². The van der Waals surface area contributed by atoms with Gasteiger partial charge in [0.05, 0.1) is 5.56 Å². The van der Waals surface area contributed by atoms with Crippen LogP contribution in [-0.4, -0.2) is 9.36 Å². The van der Waals surface area contributed by atoms with Gasteiger partial charge in [0.1, 0.15) is 16.3 Å². The molecule has 0 fully saturated rings. The van der Waals surface area contributed by atoms with E-state index >= 15 is 0 Å². The van der Waals surface area contributed by atoms with Crippen molar-refractivity contribution in [1.82, 2.24) is 9.36 Å². The van der Waals surface area contributed by atoms with E-state index in [9.17, 15) is 17.6 Å². The summed E-state index contributed by atoms with van der Waals surface area (Å²) in [6.45, 7) is 0. The summed E-state index contributed by atoms with van der Waals surface area (Å²) < 4.78 is 54.6. The van der Waals surface area contributed by atoms with Crippen molar-refractivity contribution in [3.63, 3.8) is 0 Å². The summed E-state index contributed by atoms with van der Waals surface area (Å²) in [6.07, 6.45) is -4.78. The highest BCUT2D eigenvalue weighted by atomic mass is 35.5. The molecule has 0 radical (unpaired) electrons. The molecule has 2 aromatic rings. The summed E-state index contributed by atoms with van der Waals surface area (Å²) in [5.41, 5.74) is 3.17. The van der Waals surface area contributed by atoms with Gasteiger partial charge in [-0.05, 0) is 29.7 Å². The summed E-state index contributed by atoms with van der Waals surface area (Å²) in [5, 5.41) is 0.273. The fourth-order valence-corrected chi connectivity index (χ4v) is 2.07. The van der Waals surface area contributed by atoms with Gasteiger partial charge in [-0.3, -0.25) is 0 Å². The Bertz CT molecular complexity index is 597. The third-order valence-corrected chi connectivity index (χ3v) is 3.34. The maximum atomic E-state index is 13.1. The maximum Gasteiger partial charge on any atom is 0.419 e. The second-order valence-electron chi connectivity index (χ2n) is 3.55. The van der Waals surface area contributed by atoms with Crippen molar-refractivity contribution in [3.05, 3.63) is 34.6 Å². The van der Waals surface area contributed by atoms with Gasteiger partial charge in [-0.2, -0.15) is 17.5 Å². The van der Waals surface area contributed by atoms with E-state index in [1.54, 1.807) is 0 Å². The Hall–Kier alpha value is -1.25. The molecule has 1 heterocycles. The van der Waals surface area contributed by atoms with Crippen molar-refractivity contribution in [2.75, 3.05) is 0 Å². The van der Waals surface area contributed by atoms with Crippen molar-refractivity contribution < 1.29 is 17.6 Å². The van der Waals surface area contributed by atoms with Crippen LogP contribution in [0, 0.1) is 5.82 Å². The summed E-state index contributed by atoms with van der Waals surface area (Å²) in [4.78, 5) is 3.89. The first-order chi connectivity index (χ1) is 8.79. The first kappa shape index (κ1) is 14.2. The Morgan fingerprint density at radius 3 is 2.53 bits per heavy atom. The van der Waals surface area contributed by atoms with E-state index in [0.717, 1.165) is 23.7 Å². The molecule has 19 heavy (non-hydrogen) atoms. The first-order valence-electron chi connectivity index (χ1n) is 4.89. The van der Waals surface area contributed by atoms with Crippen LogP contribution in [0.5, 0.6) is 0 Å². The maximum absolute atomic E-state index is 13.1. The molecule has 2 rings (SSSR count). The van der Waals surface area contributed by atoms with Crippen LogP contribution in [0.3, 0.4) is 0 Å². The number of nitrogens with two attached hydrogens (primary N) is 1. The molecule has 0 saturated heterocycles. The fraction of sp³-hybridized carbons (Fsp3) is 0.200. The molecule has 9 heteroatoms. The van der Waals surface area contributed by atoms with Gasteiger partial charge in [-0.25, -0.2) is 9.37 Å². The summed E-state index contributed by atoms with van der Waals surface area (Å²) >= 11 is 6.46. The van der Waals surface area contributed by atoms with E-state index in [1.165, 1.54) is 0 Å². The average molecular weight is 312 g/mol. The second kappa shape index (κ2) is 5.03. The molecule has 2 N–H and O–H groups in total. The molecule has 0 aliphatic rings. The molecule has 1 atom stereocenters. The SMILES string of the molecule is NC(Cl)c1nc(-c2ccc(F)c(C(F)(F)F)c2)ns1. The van der Waals surface area contributed by atoms with Crippen LogP contribution in [-0.2, 0) is 6.18 Å². The lowest BCUT2D eigenvalue weighted by Crippen LogP contribution is -2.08. The smallest absolute Gasteiger partial charge is 0.310 e. The highest BCUT2D eigenvalue weighted by Gasteiger charge is 2.34. The molecular formula is C10H6ClF4N3S. The average Bonchev–Trinajstić information content (AvgIpc) is 2.77. The van der Waals surface area contributed by atoms with Gasteiger partial charge < -0.3 is 5.73 Å². The van der Waals surface area contributed by atoms with Gasteiger partial charge in [0.25, 0.3) is 0 Å². The van der Waals surface area contributed by atoms with Crippen molar-refractivity contribution in [2.24, 2.45) is 5.73 Å². The Balaban J connectivity index is 2.45. The summed E-state index contributed by atoms with van der Waals surface area (Å²) in [7, 11) is 0. The number of hydrogen-bond donors (Lipinski definition) is 1. The van der Waals surface area contributed by atoms with Crippen LogP contribution in [0.15, 0.2) is 18.2 Å².